The minimum Gasteiger partial charge on any atom is -0.347 e. The van der Waals surface area contributed by atoms with Crippen molar-refractivity contribution in [3.05, 3.63) is 70.9 Å². The number of rotatable bonds is 1. The van der Waals surface area contributed by atoms with Gasteiger partial charge in [-0.15, -0.1) is 0 Å². The largest absolute Gasteiger partial charge is 0.347 e. The van der Waals surface area contributed by atoms with Gasteiger partial charge < -0.3 is 4.90 Å². The van der Waals surface area contributed by atoms with Crippen molar-refractivity contribution in [1.29, 1.82) is 0 Å². The van der Waals surface area contributed by atoms with Crippen molar-refractivity contribution < 1.29 is 4.58 Å². The third-order valence-corrected chi connectivity index (χ3v) is 6.38. The Kier molecular flexibility index (Phi) is 3.18. The summed E-state index contributed by atoms with van der Waals surface area (Å²) in [5.41, 5.74) is 8.95. The molecule has 1 unspecified atom stereocenters. The van der Waals surface area contributed by atoms with Gasteiger partial charge >= 0.3 is 0 Å². The third-order valence-electron chi connectivity index (χ3n) is 6.38. The van der Waals surface area contributed by atoms with E-state index in [4.69, 9.17) is 0 Å². The fourth-order valence-electron chi connectivity index (χ4n) is 5.24. The van der Waals surface area contributed by atoms with Crippen molar-refractivity contribution >= 4 is 17.6 Å². The number of anilines is 1. The van der Waals surface area contributed by atoms with E-state index in [9.17, 15) is 0 Å². The van der Waals surface area contributed by atoms with Crippen molar-refractivity contribution in [1.82, 2.24) is 0 Å². The van der Waals surface area contributed by atoms with E-state index >= 15 is 0 Å². The van der Waals surface area contributed by atoms with E-state index in [1.54, 1.807) is 0 Å². The zero-order chi connectivity index (χ0) is 17.0. The van der Waals surface area contributed by atoms with Crippen LogP contribution in [0.3, 0.4) is 0 Å². The highest BCUT2D eigenvalue weighted by Crippen LogP contribution is 2.53. The van der Waals surface area contributed by atoms with Crippen molar-refractivity contribution in [2.24, 2.45) is 0 Å². The zero-order valence-electron chi connectivity index (χ0n) is 15.1. The molecule has 2 nitrogen and oxygen atoms in total. The molecule has 2 heteroatoms. The minimum atomic E-state index is 0.161. The molecule has 2 aromatic carbocycles. The summed E-state index contributed by atoms with van der Waals surface area (Å²) in [6, 6.07) is 17.8. The molecule has 0 aromatic heterocycles. The molecule has 0 fully saturated rings. The van der Waals surface area contributed by atoms with Crippen LogP contribution in [0.15, 0.2) is 59.8 Å². The molecule has 0 N–H and O–H groups in total. The summed E-state index contributed by atoms with van der Waals surface area (Å²) >= 11 is 0. The van der Waals surface area contributed by atoms with Gasteiger partial charge in [0, 0.05) is 47.5 Å². The summed E-state index contributed by atoms with van der Waals surface area (Å²) in [7, 11) is 2.25. The molecule has 2 aromatic rings. The van der Waals surface area contributed by atoms with Crippen LogP contribution in [0.2, 0.25) is 0 Å². The van der Waals surface area contributed by atoms with Crippen LogP contribution >= 0.6 is 0 Å². The number of nitrogens with zero attached hydrogens (tertiary/aromatic N) is 2. The van der Waals surface area contributed by atoms with E-state index in [1.807, 2.05) is 0 Å². The average Bonchev–Trinajstić information content (AvgIpc) is 3.14. The van der Waals surface area contributed by atoms with Crippen LogP contribution in [0, 0.1) is 0 Å². The third kappa shape index (κ3) is 2.06. The number of hydrogen-bond donors (Lipinski definition) is 0. The lowest BCUT2D eigenvalue weighted by Gasteiger charge is -2.34. The quantitative estimate of drug-likeness (QED) is 0.681. The summed E-state index contributed by atoms with van der Waals surface area (Å²) in [5, 5.41) is 0. The Bertz CT molecular complexity index is 921. The molecule has 0 bridgehead atoms. The number of allylic oxidation sites excluding steroid dienone is 2. The van der Waals surface area contributed by atoms with Crippen LogP contribution in [-0.4, -0.2) is 24.4 Å². The Labute approximate surface area is 150 Å². The van der Waals surface area contributed by atoms with E-state index in [0.717, 1.165) is 13.0 Å². The molecule has 126 valence electrons. The van der Waals surface area contributed by atoms with E-state index in [-0.39, 0.29) is 5.41 Å². The van der Waals surface area contributed by atoms with Gasteiger partial charge in [0.15, 0.2) is 12.8 Å². The first-order valence-electron chi connectivity index (χ1n) is 9.45. The summed E-state index contributed by atoms with van der Waals surface area (Å²) in [6.07, 6.45) is 7.30. The average molecular weight is 329 g/mol. The van der Waals surface area contributed by atoms with Crippen molar-refractivity contribution in [2.45, 2.75) is 38.0 Å². The molecule has 1 atom stereocenters. The van der Waals surface area contributed by atoms with Gasteiger partial charge in [-0.3, -0.25) is 0 Å². The number of likely N-dealkylation sites (N-methyl/N-ethyl adjacent to an activating group) is 1. The molecular weight excluding hydrogens is 304 g/mol. The molecule has 0 amide bonds. The summed E-state index contributed by atoms with van der Waals surface area (Å²) in [6.45, 7) is 3.54. The fraction of sp³-hybridized carbons (Fsp3) is 0.348. The van der Waals surface area contributed by atoms with Gasteiger partial charge in [-0.05, 0) is 37.8 Å². The lowest BCUT2D eigenvalue weighted by atomic mass is 9.72. The van der Waals surface area contributed by atoms with Gasteiger partial charge in [-0.2, -0.15) is 4.58 Å². The molecule has 0 radical (unpaired) electrons. The number of hydrogen-bond acceptors (Lipinski definition) is 1. The molecule has 1 aliphatic carbocycles. The van der Waals surface area contributed by atoms with Gasteiger partial charge in [0.2, 0.25) is 5.69 Å². The first kappa shape index (κ1) is 14.9. The van der Waals surface area contributed by atoms with Gasteiger partial charge in [0.05, 0.1) is 0 Å². The molecule has 2 heterocycles. The Morgan fingerprint density at radius 1 is 1.04 bits per heavy atom. The molecule has 3 aliphatic rings. The monoisotopic (exact) mass is 329 g/mol. The maximum Gasteiger partial charge on any atom is 0.208 e. The number of fused-ring (bicyclic) bond motifs is 4. The minimum absolute atomic E-state index is 0.161. The van der Waals surface area contributed by atoms with E-state index < -0.39 is 0 Å². The van der Waals surface area contributed by atoms with Crippen LogP contribution in [0.5, 0.6) is 0 Å². The van der Waals surface area contributed by atoms with Gasteiger partial charge in [0.1, 0.15) is 0 Å². The fourth-order valence-corrected chi connectivity index (χ4v) is 5.24. The summed E-state index contributed by atoms with van der Waals surface area (Å²) < 4.78 is 2.47. The maximum atomic E-state index is 2.47. The maximum absolute atomic E-state index is 2.47. The molecule has 2 aliphatic heterocycles. The van der Waals surface area contributed by atoms with Gasteiger partial charge in [-0.25, -0.2) is 0 Å². The first-order chi connectivity index (χ1) is 12.2. The Morgan fingerprint density at radius 2 is 1.84 bits per heavy atom. The van der Waals surface area contributed by atoms with Crippen molar-refractivity contribution in [2.75, 3.05) is 18.5 Å². The normalized spacial score (nSPS) is 26.0. The predicted octanol–water partition coefficient (Wildman–Crippen LogP) is 4.80. The topological polar surface area (TPSA) is 6.25 Å². The Balaban J connectivity index is 1.67. The van der Waals surface area contributed by atoms with Gasteiger partial charge in [-0.1, -0.05) is 36.4 Å². The lowest BCUT2D eigenvalue weighted by Crippen LogP contribution is -2.32. The molecular formula is C23H25N2+. The van der Waals surface area contributed by atoms with Crippen molar-refractivity contribution in [3.63, 3.8) is 0 Å². The van der Waals surface area contributed by atoms with Crippen LogP contribution in [0.25, 0.3) is 0 Å². The molecule has 5 rings (SSSR count). The molecule has 0 spiro atoms. The highest BCUT2D eigenvalue weighted by molar-refractivity contribution is 5.84. The standard InChI is InChI=1S/C23H25N2/c1-23-14-7-9-18(16-25-15-13-17-8-3-5-11-20(17)25)22(23)24(2)21-12-6-4-10-19(21)23/h3-6,8,10-12,16H,7,9,13-15H2,1-2H3/q+1. The second kappa shape index (κ2) is 5.32. The molecule has 0 saturated carbocycles. The summed E-state index contributed by atoms with van der Waals surface area (Å²) in [4.78, 5) is 2.45. The molecule has 25 heavy (non-hydrogen) atoms. The number of para-hydroxylation sites is 2. The van der Waals surface area contributed by atoms with Crippen LogP contribution < -0.4 is 4.90 Å². The first-order valence-corrected chi connectivity index (χ1v) is 9.45. The van der Waals surface area contributed by atoms with E-state index in [0.29, 0.717) is 0 Å². The van der Waals surface area contributed by atoms with E-state index in [2.05, 4.69) is 78.2 Å². The van der Waals surface area contributed by atoms with E-state index in [1.165, 1.54) is 53.0 Å². The predicted molar refractivity (Wildman–Crippen MR) is 104 cm³/mol. The Hall–Kier alpha value is -2.35. The van der Waals surface area contributed by atoms with Crippen LogP contribution in [0.4, 0.5) is 11.4 Å². The van der Waals surface area contributed by atoms with Crippen molar-refractivity contribution in [3.8, 4) is 0 Å². The summed E-state index contributed by atoms with van der Waals surface area (Å²) in [5.74, 6) is 0. The zero-order valence-corrected chi connectivity index (χ0v) is 15.1. The van der Waals surface area contributed by atoms with Crippen LogP contribution in [0.1, 0.15) is 37.3 Å². The van der Waals surface area contributed by atoms with Gasteiger partial charge in [0.25, 0.3) is 0 Å². The lowest BCUT2D eigenvalue weighted by molar-refractivity contribution is -0.423. The molecule has 0 saturated heterocycles. The Morgan fingerprint density at radius 3 is 2.76 bits per heavy atom. The number of benzene rings is 2. The SMILES string of the molecule is CN1C2=C(C=[N+]3CCc4ccccc43)CCCC2(C)c2ccccc21. The smallest absolute Gasteiger partial charge is 0.208 e. The second-order valence-electron chi connectivity index (χ2n) is 7.84. The second-order valence-corrected chi connectivity index (χ2v) is 7.84. The highest BCUT2D eigenvalue weighted by Gasteiger charge is 2.45. The van der Waals surface area contributed by atoms with Crippen LogP contribution in [-0.2, 0) is 11.8 Å². The highest BCUT2D eigenvalue weighted by atomic mass is 15.2.